The predicted molar refractivity (Wildman–Crippen MR) is 96.9 cm³/mol. The van der Waals surface area contributed by atoms with Gasteiger partial charge in [0.15, 0.2) is 0 Å². The number of methoxy groups -OCH3 is 1. The molecule has 124 valence electrons. The smallest absolute Gasteiger partial charge is 0.347 e. The number of aromatic nitrogens is 2. The second-order valence-corrected chi connectivity index (χ2v) is 6.38. The molecule has 0 aliphatic rings. The highest BCUT2D eigenvalue weighted by atomic mass is 16.5. The minimum absolute atomic E-state index is 0.111. The molecule has 3 aromatic rings. The van der Waals surface area contributed by atoms with Crippen molar-refractivity contribution < 1.29 is 4.74 Å². The van der Waals surface area contributed by atoms with Gasteiger partial charge < -0.3 is 15.0 Å². The number of nitrogens with zero attached hydrogens (tertiary/aromatic N) is 1. The molecule has 3 rings (SSSR count). The molecule has 0 aliphatic carbocycles. The highest BCUT2D eigenvalue weighted by Crippen LogP contribution is 2.30. The second kappa shape index (κ2) is 6.35. The number of ether oxygens (including phenoxy) is 1. The number of nitrogens with one attached hydrogen (secondary N) is 2. The Morgan fingerprint density at radius 1 is 1.12 bits per heavy atom. The van der Waals surface area contributed by atoms with E-state index in [1.165, 1.54) is 5.56 Å². The van der Waals surface area contributed by atoms with E-state index in [4.69, 9.17) is 4.74 Å². The predicted octanol–water partition coefficient (Wildman–Crippen LogP) is 3.32. The van der Waals surface area contributed by atoms with Crippen LogP contribution in [-0.4, -0.2) is 23.6 Å². The van der Waals surface area contributed by atoms with Crippen LogP contribution in [0.25, 0.3) is 10.9 Å². The van der Waals surface area contributed by atoms with Crippen LogP contribution in [0.4, 0.5) is 5.82 Å². The van der Waals surface area contributed by atoms with Crippen molar-refractivity contribution in [3.05, 3.63) is 64.6 Å². The molecular weight excluding hydrogens is 302 g/mol. The summed E-state index contributed by atoms with van der Waals surface area (Å²) in [5.41, 5.74) is 1.43. The van der Waals surface area contributed by atoms with Crippen molar-refractivity contribution in [2.75, 3.05) is 19.0 Å². The van der Waals surface area contributed by atoms with Gasteiger partial charge >= 0.3 is 5.69 Å². The van der Waals surface area contributed by atoms with Crippen molar-refractivity contribution in [3.63, 3.8) is 0 Å². The first-order valence-electron chi connectivity index (χ1n) is 7.88. The largest absolute Gasteiger partial charge is 0.496 e. The van der Waals surface area contributed by atoms with E-state index in [0.717, 1.165) is 5.39 Å². The zero-order chi connectivity index (χ0) is 17.2. The van der Waals surface area contributed by atoms with Gasteiger partial charge in [-0.3, -0.25) is 0 Å². The van der Waals surface area contributed by atoms with Gasteiger partial charge in [0.05, 0.1) is 18.0 Å². The maximum Gasteiger partial charge on any atom is 0.347 e. The van der Waals surface area contributed by atoms with Crippen molar-refractivity contribution in [1.82, 2.24) is 9.97 Å². The minimum Gasteiger partial charge on any atom is -0.496 e. The van der Waals surface area contributed by atoms with Crippen molar-refractivity contribution >= 4 is 16.7 Å². The van der Waals surface area contributed by atoms with E-state index in [-0.39, 0.29) is 11.1 Å². The van der Waals surface area contributed by atoms with Crippen LogP contribution in [0.1, 0.15) is 19.4 Å². The van der Waals surface area contributed by atoms with Gasteiger partial charge in [-0.1, -0.05) is 50.2 Å². The number of benzene rings is 2. The molecule has 2 N–H and O–H groups in total. The van der Waals surface area contributed by atoms with Gasteiger partial charge in [0.25, 0.3) is 0 Å². The third kappa shape index (κ3) is 3.11. The van der Waals surface area contributed by atoms with E-state index in [0.29, 0.717) is 23.6 Å². The lowest BCUT2D eigenvalue weighted by Crippen LogP contribution is -2.28. The van der Waals surface area contributed by atoms with Crippen molar-refractivity contribution in [1.29, 1.82) is 0 Å². The van der Waals surface area contributed by atoms with Gasteiger partial charge in [0.1, 0.15) is 11.6 Å². The summed E-state index contributed by atoms with van der Waals surface area (Å²) < 4.78 is 5.42. The van der Waals surface area contributed by atoms with Gasteiger partial charge in [-0.2, -0.15) is 4.98 Å². The molecule has 0 bridgehead atoms. The molecule has 0 unspecified atom stereocenters. The summed E-state index contributed by atoms with van der Waals surface area (Å²) in [6.45, 7) is 4.95. The maximum absolute atomic E-state index is 11.9. The van der Waals surface area contributed by atoms with Crippen molar-refractivity contribution in [2.45, 2.75) is 19.3 Å². The normalized spacial score (nSPS) is 11.5. The molecule has 5 nitrogen and oxygen atoms in total. The van der Waals surface area contributed by atoms with Crippen LogP contribution in [-0.2, 0) is 5.41 Å². The Kier molecular flexibility index (Phi) is 4.25. The number of aromatic amines is 1. The van der Waals surface area contributed by atoms with Gasteiger partial charge in [0.2, 0.25) is 0 Å². The van der Waals surface area contributed by atoms with Crippen LogP contribution in [0.15, 0.2) is 53.3 Å². The average molecular weight is 323 g/mol. The highest BCUT2D eigenvalue weighted by molar-refractivity contribution is 5.94. The van der Waals surface area contributed by atoms with E-state index in [1.54, 1.807) is 7.11 Å². The molecule has 0 saturated carbocycles. The summed E-state index contributed by atoms with van der Waals surface area (Å²) in [6, 6.07) is 15.8. The van der Waals surface area contributed by atoms with Crippen LogP contribution in [0.3, 0.4) is 0 Å². The molecule has 5 heteroatoms. The first kappa shape index (κ1) is 16.1. The Morgan fingerprint density at radius 3 is 2.58 bits per heavy atom. The molecule has 24 heavy (non-hydrogen) atoms. The molecule has 0 atom stereocenters. The minimum atomic E-state index is -0.379. The number of hydrogen-bond donors (Lipinski definition) is 2. The fourth-order valence-corrected chi connectivity index (χ4v) is 2.77. The van der Waals surface area contributed by atoms with Crippen LogP contribution in [0, 0.1) is 0 Å². The first-order chi connectivity index (χ1) is 11.5. The Labute approximate surface area is 140 Å². The maximum atomic E-state index is 11.9. The quantitative estimate of drug-likeness (QED) is 0.756. The van der Waals surface area contributed by atoms with Crippen molar-refractivity contribution in [2.24, 2.45) is 0 Å². The topological polar surface area (TPSA) is 67.0 Å². The molecule has 1 heterocycles. The third-order valence-electron chi connectivity index (χ3n) is 4.19. The van der Waals surface area contributed by atoms with E-state index in [9.17, 15) is 4.79 Å². The van der Waals surface area contributed by atoms with Crippen molar-refractivity contribution in [3.8, 4) is 5.75 Å². The lowest BCUT2D eigenvalue weighted by atomic mass is 9.84. The summed E-state index contributed by atoms with van der Waals surface area (Å²) in [5.74, 6) is 1.21. The zero-order valence-electron chi connectivity index (χ0n) is 14.1. The lowest BCUT2D eigenvalue weighted by Gasteiger charge is -2.26. The summed E-state index contributed by atoms with van der Waals surface area (Å²) in [7, 11) is 1.61. The SMILES string of the molecule is COc1cccc2[nH]c(=O)nc(NCC(C)(C)c3ccccc3)c12. The Morgan fingerprint density at radius 2 is 1.88 bits per heavy atom. The highest BCUT2D eigenvalue weighted by Gasteiger charge is 2.21. The fourth-order valence-electron chi connectivity index (χ4n) is 2.77. The first-order valence-corrected chi connectivity index (χ1v) is 7.88. The van der Waals surface area contributed by atoms with E-state index >= 15 is 0 Å². The van der Waals surface area contributed by atoms with Crippen LogP contribution in [0.5, 0.6) is 5.75 Å². The Balaban J connectivity index is 1.97. The molecule has 0 spiro atoms. The summed E-state index contributed by atoms with van der Waals surface area (Å²) >= 11 is 0. The average Bonchev–Trinajstić information content (AvgIpc) is 2.59. The van der Waals surface area contributed by atoms with Crippen LogP contribution >= 0.6 is 0 Å². The monoisotopic (exact) mass is 323 g/mol. The van der Waals surface area contributed by atoms with Gasteiger partial charge in [-0.25, -0.2) is 4.79 Å². The Hall–Kier alpha value is -2.82. The molecule has 0 fully saturated rings. The van der Waals surface area contributed by atoms with E-state index in [1.807, 2.05) is 36.4 Å². The molecular formula is C19H21N3O2. The lowest BCUT2D eigenvalue weighted by molar-refractivity contribution is 0.419. The molecule has 2 aromatic carbocycles. The molecule has 0 amide bonds. The Bertz CT molecular complexity index is 901. The molecule has 0 aliphatic heterocycles. The summed E-state index contributed by atoms with van der Waals surface area (Å²) in [5, 5.41) is 4.11. The van der Waals surface area contributed by atoms with E-state index in [2.05, 4.69) is 41.3 Å². The third-order valence-corrected chi connectivity index (χ3v) is 4.19. The van der Waals surface area contributed by atoms with Gasteiger partial charge in [-0.05, 0) is 17.7 Å². The molecule has 0 radical (unpaired) electrons. The number of anilines is 1. The number of fused-ring (bicyclic) bond motifs is 1. The van der Waals surface area contributed by atoms with Gasteiger partial charge in [-0.15, -0.1) is 0 Å². The fraction of sp³-hybridized carbons (Fsp3) is 0.263. The standard InChI is InChI=1S/C19H21N3O2/c1-19(2,13-8-5-4-6-9-13)12-20-17-16-14(21-18(23)22-17)10-7-11-15(16)24-3/h4-11H,12H2,1-3H3,(H2,20,21,22,23). The summed E-state index contributed by atoms with van der Waals surface area (Å²) in [4.78, 5) is 18.7. The van der Waals surface area contributed by atoms with Crippen LogP contribution in [0.2, 0.25) is 0 Å². The number of hydrogen-bond acceptors (Lipinski definition) is 4. The zero-order valence-corrected chi connectivity index (χ0v) is 14.1. The van der Waals surface area contributed by atoms with E-state index < -0.39 is 0 Å². The molecule has 1 aromatic heterocycles. The number of H-pyrrole nitrogens is 1. The molecule has 0 saturated heterocycles. The second-order valence-electron chi connectivity index (χ2n) is 6.38. The number of rotatable bonds is 5. The summed E-state index contributed by atoms with van der Waals surface area (Å²) in [6.07, 6.45) is 0. The van der Waals surface area contributed by atoms with Crippen LogP contribution < -0.4 is 15.7 Å². The van der Waals surface area contributed by atoms with Gasteiger partial charge in [0, 0.05) is 12.0 Å².